The Morgan fingerprint density at radius 1 is 1.35 bits per heavy atom. The number of hydrogen-bond donors (Lipinski definition) is 1. The van der Waals surface area contributed by atoms with Gasteiger partial charge in [-0.3, -0.25) is 0 Å². The molecule has 1 fully saturated rings. The molecule has 1 aliphatic heterocycles. The topological polar surface area (TPSA) is 88.8 Å². The Kier molecular flexibility index (Phi) is 3.90. The van der Waals surface area contributed by atoms with Crippen LogP contribution in [0.3, 0.4) is 0 Å². The number of rotatable bonds is 3. The molecule has 0 spiro atoms. The molecule has 1 aromatic heterocycles. The average molecular weight is 302 g/mol. The fourth-order valence-corrected chi connectivity index (χ4v) is 4.03. The summed E-state index contributed by atoms with van der Waals surface area (Å²) in [6.45, 7) is 4.16. The fourth-order valence-electron chi connectivity index (χ4n) is 2.36. The summed E-state index contributed by atoms with van der Waals surface area (Å²) in [4.78, 5) is 11.0. The maximum atomic E-state index is 12.5. The second-order valence-electron chi connectivity index (χ2n) is 5.06. The summed E-state index contributed by atoms with van der Waals surface area (Å²) >= 11 is 0. The molecule has 1 saturated heterocycles. The van der Waals surface area contributed by atoms with Crippen molar-refractivity contribution in [3.63, 3.8) is 0 Å². The molecule has 0 radical (unpaired) electrons. The number of morpholine rings is 1. The molecule has 1 N–H and O–H groups in total. The average Bonchev–Trinajstić information content (AvgIpc) is 2.70. The van der Waals surface area contributed by atoms with E-state index >= 15 is 0 Å². The third-order valence-corrected chi connectivity index (χ3v) is 5.02. The molecular weight excluding hydrogens is 284 g/mol. The van der Waals surface area contributed by atoms with Crippen molar-refractivity contribution >= 4 is 16.0 Å². The first-order chi connectivity index (χ1) is 9.21. The summed E-state index contributed by atoms with van der Waals surface area (Å²) < 4.78 is 33.2. The number of carbonyl (C=O) groups is 1. The second kappa shape index (κ2) is 5.19. The molecule has 112 valence electrons. The minimum absolute atomic E-state index is 0.00120. The summed E-state index contributed by atoms with van der Waals surface area (Å²) in [7, 11) is -2.19. The smallest absolute Gasteiger partial charge is 0.352 e. The van der Waals surface area contributed by atoms with Crippen LogP contribution in [0.4, 0.5) is 0 Å². The van der Waals surface area contributed by atoms with E-state index in [1.165, 1.54) is 28.2 Å². The van der Waals surface area contributed by atoms with E-state index in [0.717, 1.165) is 0 Å². The Labute approximate surface area is 117 Å². The summed E-state index contributed by atoms with van der Waals surface area (Å²) in [5.74, 6) is -1.15. The second-order valence-corrected chi connectivity index (χ2v) is 6.99. The van der Waals surface area contributed by atoms with Gasteiger partial charge in [0, 0.05) is 26.3 Å². The molecule has 0 aromatic carbocycles. The van der Waals surface area contributed by atoms with Gasteiger partial charge in [-0.15, -0.1) is 0 Å². The highest BCUT2D eigenvalue weighted by atomic mass is 32.2. The molecule has 2 heterocycles. The minimum atomic E-state index is -3.69. The highest BCUT2D eigenvalue weighted by Crippen LogP contribution is 2.22. The number of nitrogens with zero attached hydrogens (tertiary/aromatic N) is 2. The molecular formula is C12H18N2O5S. The van der Waals surface area contributed by atoms with Crippen molar-refractivity contribution in [2.75, 3.05) is 13.1 Å². The van der Waals surface area contributed by atoms with Gasteiger partial charge >= 0.3 is 5.97 Å². The zero-order chi connectivity index (χ0) is 15.1. The highest BCUT2D eigenvalue weighted by molar-refractivity contribution is 7.89. The minimum Gasteiger partial charge on any atom is -0.477 e. The molecule has 2 rings (SSSR count). The van der Waals surface area contributed by atoms with Gasteiger partial charge < -0.3 is 14.4 Å². The third-order valence-electron chi connectivity index (χ3n) is 3.22. The van der Waals surface area contributed by atoms with Crippen molar-refractivity contribution in [2.24, 2.45) is 7.05 Å². The van der Waals surface area contributed by atoms with Gasteiger partial charge in [0.1, 0.15) is 10.6 Å². The van der Waals surface area contributed by atoms with Crippen molar-refractivity contribution in [3.05, 3.63) is 18.0 Å². The largest absolute Gasteiger partial charge is 0.477 e. The maximum absolute atomic E-state index is 12.5. The lowest BCUT2D eigenvalue weighted by atomic mass is 10.3. The molecule has 0 unspecified atom stereocenters. The van der Waals surface area contributed by atoms with Gasteiger partial charge in [0.2, 0.25) is 10.0 Å². The molecule has 20 heavy (non-hydrogen) atoms. The van der Waals surface area contributed by atoms with Gasteiger partial charge in [-0.1, -0.05) is 0 Å². The van der Waals surface area contributed by atoms with Crippen LogP contribution in [0.2, 0.25) is 0 Å². The Hall–Kier alpha value is -1.38. The molecule has 1 aromatic rings. The van der Waals surface area contributed by atoms with E-state index in [2.05, 4.69) is 0 Å². The number of ether oxygens (including phenoxy) is 1. The van der Waals surface area contributed by atoms with Crippen molar-refractivity contribution < 1.29 is 23.1 Å². The first-order valence-corrected chi connectivity index (χ1v) is 7.71. The summed E-state index contributed by atoms with van der Waals surface area (Å²) in [5.41, 5.74) is -0.0575. The number of hydrogen-bond acceptors (Lipinski definition) is 4. The molecule has 0 amide bonds. The van der Waals surface area contributed by atoms with E-state index in [1.54, 1.807) is 0 Å². The molecule has 7 nitrogen and oxygen atoms in total. The highest BCUT2D eigenvalue weighted by Gasteiger charge is 2.33. The first-order valence-electron chi connectivity index (χ1n) is 6.27. The predicted molar refractivity (Wildman–Crippen MR) is 71.1 cm³/mol. The lowest BCUT2D eigenvalue weighted by Gasteiger charge is -2.34. The third kappa shape index (κ3) is 2.72. The Morgan fingerprint density at radius 3 is 2.35 bits per heavy atom. The summed E-state index contributed by atoms with van der Waals surface area (Å²) in [5, 5.41) is 8.99. The monoisotopic (exact) mass is 302 g/mol. The van der Waals surface area contributed by atoms with Crippen molar-refractivity contribution in [3.8, 4) is 0 Å². The van der Waals surface area contributed by atoms with Crippen LogP contribution in [0.5, 0.6) is 0 Å². The molecule has 0 saturated carbocycles. The number of sulfonamides is 1. The molecule has 1 aliphatic rings. The van der Waals surface area contributed by atoms with Crippen molar-refractivity contribution in [1.29, 1.82) is 0 Å². The lowest BCUT2D eigenvalue weighted by Crippen LogP contribution is -2.48. The standard InChI is InChI=1S/C12H18N2O5S/c1-8-5-14(6-9(2)19-8)20(17,18)10-4-11(12(15)16)13(3)7-10/h4,7-9H,5-6H2,1-3H3,(H,15,16)/t8-,9+. The van der Waals surface area contributed by atoms with Gasteiger partial charge in [-0.25, -0.2) is 13.2 Å². The van der Waals surface area contributed by atoms with Crippen LogP contribution in [0.25, 0.3) is 0 Å². The predicted octanol–water partition coefficient (Wildman–Crippen LogP) is 0.521. The van der Waals surface area contributed by atoms with Crippen LogP contribution >= 0.6 is 0 Å². The van der Waals surface area contributed by atoms with Gasteiger partial charge in [0.15, 0.2) is 0 Å². The van der Waals surface area contributed by atoms with Gasteiger partial charge in [0.25, 0.3) is 0 Å². The van der Waals surface area contributed by atoms with Crippen molar-refractivity contribution in [2.45, 2.75) is 31.0 Å². The zero-order valence-corrected chi connectivity index (χ0v) is 12.4. The number of carboxylic acid groups (broad SMARTS) is 1. The van der Waals surface area contributed by atoms with E-state index in [1.807, 2.05) is 13.8 Å². The number of aromatic nitrogens is 1. The summed E-state index contributed by atoms with van der Waals surface area (Å²) in [6, 6.07) is 1.18. The Balaban J connectivity index is 2.35. The lowest BCUT2D eigenvalue weighted by molar-refractivity contribution is -0.0440. The maximum Gasteiger partial charge on any atom is 0.352 e. The molecule has 8 heteroatoms. The van der Waals surface area contributed by atoms with Crippen LogP contribution in [0, 0.1) is 0 Å². The molecule has 0 aliphatic carbocycles. The molecule has 2 atom stereocenters. The zero-order valence-electron chi connectivity index (χ0n) is 11.6. The number of carboxylic acids is 1. The van der Waals surface area contributed by atoms with Gasteiger partial charge in [0.05, 0.1) is 12.2 Å². The first kappa shape index (κ1) is 15.0. The Bertz CT molecular complexity index is 612. The quantitative estimate of drug-likeness (QED) is 0.879. The molecule has 0 bridgehead atoms. The Morgan fingerprint density at radius 2 is 1.90 bits per heavy atom. The van der Waals surface area contributed by atoms with Crippen LogP contribution in [-0.2, 0) is 21.8 Å². The van der Waals surface area contributed by atoms with Gasteiger partial charge in [-0.2, -0.15) is 4.31 Å². The van der Waals surface area contributed by atoms with Crippen molar-refractivity contribution in [1.82, 2.24) is 8.87 Å². The van der Waals surface area contributed by atoms with Crippen LogP contribution in [0.1, 0.15) is 24.3 Å². The van der Waals surface area contributed by atoms with E-state index in [9.17, 15) is 13.2 Å². The van der Waals surface area contributed by atoms with Crippen LogP contribution in [0.15, 0.2) is 17.2 Å². The number of aromatic carboxylic acids is 1. The summed E-state index contributed by atoms with van der Waals surface area (Å²) in [6.07, 6.45) is 0.955. The van der Waals surface area contributed by atoms with Gasteiger partial charge in [-0.05, 0) is 19.9 Å². The normalized spacial score (nSPS) is 24.8. The van der Waals surface area contributed by atoms with E-state index in [-0.39, 0.29) is 35.9 Å². The van der Waals surface area contributed by atoms with E-state index < -0.39 is 16.0 Å². The number of aryl methyl sites for hydroxylation is 1. The van der Waals surface area contributed by atoms with Crippen LogP contribution < -0.4 is 0 Å². The van der Waals surface area contributed by atoms with E-state index in [0.29, 0.717) is 0 Å². The SMILES string of the molecule is C[C@@H]1CN(S(=O)(=O)c2cc(C(=O)O)n(C)c2)C[C@H](C)O1. The van der Waals surface area contributed by atoms with Crippen LogP contribution in [-0.4, -0.2) is 53.7 Å². The fraction of sp³-hybridized carbons (Fsp3) is 0.583. The van der Waals surface area contributed by atoms with E-state index in [4.69, 9.17) is 9.84 Å².